The van der Waals surface area contributed by atoms with Gasteiger partial charge < -0.3 is 14.5 Å². The first-order chi connectivity index (χ1) is 10.1. The van der Waals surface area contributed by atoms with Gasteiger partial charge in [-0.3, -0.25) is 15.5 Å². The van der Waals surface area contributed by atoms with Crippen LogP contribution in [0.1, 0.15) is 5.76 Å². The Morgan fingerprint density at radius 3 is 2.86 bits per heavy atom. The number of rotatable bonds is 4. The van der Waals surface area contributed by atoms with Crippen LogP contribution in [0.25, 0.3) is 10.9 Å². The summed E-state index contributed by atoms with van der Waals surface area (Å²) in [6, 6.07) is 9.82. The number of nitro groups is 1. The highest BCUT2D eigenvalue weighted by Gasteiger charge is 2.10. The molecular formula is C13H9N4O4-. The Balaban J connectivity index is 1.81. The number of fused-ring (bicyclic) bond motifs is 1. The number of hydrogen-bond donors (Lipinski definition) is 2. The zero-order valence-corrected chi connectivity index (χ0v) is 10.6. The summed E-state index contributed by atoms with van der Waals surface area (Å²) in [5.74, 6) is -0.451. The number of para-hydroxylation sites is 1. The van der Waals surface area contributed by atoms with E-state index in [4.69, 9.17) is 4.42 Å². The van der Waals surface area contributed by atoms with Gasteiger partial charge in [-0.05, 0) is 18.0 Å². The summed E-state index contributed by atoms with van der Waals surface area (Å²) < 4.78 is 4.91. The van der Waals surface area contributed by atoms with Gasteiger partial charge in [0.15, 0.2) is 5.76 Å². The van der Waals surface area contributed by atoms with Gasteiger partial charge in [-0.15, -0.1) is 0 Å². The van der Waals surface area contributed by atoms with Gasteiger partial charge in [0.2, 0.25) is 0 Å². The number of hydrazone groups is 1. The van der Waals surface area contributed by atoms with E-state index < -0.39 is 4.92 Å². The highest BCUT2D eigenvalue weighted by Crippen LogP contribution is 2.30. The molecule has 2 N–H and O–H groups in total. The van der Waals surface area contributed by atoms with Crippen molar-refractivity contribution in [2.45, 2.75) is 0 Å². The molecule has 3 aromatic rings. The van der Waals surface area contributed by atoms with Crippen LogP contribution in [0.4, 0.5) is 11.6 Å². The van der Waals surface area contributed by atoms with Crippen molar-refractivity contribution in [3.63, 3.8) is 0 Å². The lowest BCUT2D eigenvalue weighted by Gasteiger charge is -2.05. The molecule has 0 saturated carbocycles. The van der Waals surface area contributed by atoms with E-state index >= 15 is 0 Å². The number of anilines is 1. The van der Waals surface area contributed by atoms with Crippen molar-refractivity contribution >= 4 is 28.7 Å². The maximum atomic E-state index is 11.8. The Morgan fingerprint density at radius 2 is 2.10 bits per heavy atom. The Bertz CT molecular complexity index is 834. The molecule has 0 spiro atoms. The third kappa shape index (κ3) is 2.41. The molecule has 2 aromatic heterocycles. The number of benzene rings is 1. The second-order valence-electron chi connectivity index (χ2n) is 4.18. The van der Waals surface area contributed by atoms with E-state index in [0.29, 0.717) is 16.6 Å². The summed E-state index contributed by atoms with van der Waals surface area (Å²) in [6.07, 6.45) is 1.26. The zero-order chi connectivity index (χ0) is 14.8. The van der Waals surface area contributed by atoms with Crippen LogP contribution in [0.3, 0.4) is 0 Å². The largest absolute Gasteiger partial charge is 0.859 e. The molecule has 0 unspecified atom stereocenters. The topological polar surface area (TPSA) is 120 Å². The molecule has 0 bridgehead atoms. The minimum absolute atomic E-state index is 0.210. The highest BCUT2D eigenvalue weighted by atomic mass is 16.6. The third-order valence-corrected chi connectivity index (χ3v) is 2.83. The molecule has 106 valence electrons. The number of furan rings is 1. The smallest absolute Gasteiger partial charge is 0.433 e. The molecule has 2 heterocycles. The van der Waals surface area contributed by atoms with Gasteiger partial charge in [0.05, 0.1) is 18.0 Å². The lowest BCUT2D eigenvalue weighted by Crippen LogP contribution is -1.96. The fraction of sp³-hybridized carbons (Fsp3) is 0. The Kier molecular flexibility index (Phi) is 3.03. The van der Waals surface area contributed by atoms with Crippen molar-refractivity contribution in [2.24, 2.45) is 5.10 Å². The number of nitrogens with one attached hydrogen (secondary N) is 2. The monoisotopic (exact) mass is 285 g/mol. The first-order valence-electron chi connectivity index (χ1n) is 5.96. The van der Waals surface area contributed by atoms with Crippen molar-refractivity contribution in [1.82, 2.24) is 4.98 Å². The van der Waals surface area contributed by atoms with Crippen LogP contribution in [-0.2, 0) is 0 Å². The fourth-order valence-corrected chi connectivity index (χ4v) is 1.90. The molecule has 0 fully saturated rings. The van der Waals surface area contributed by atoms with E-state index in [-0.39, 0.29) is 17.5 Å². The molecule has 21 heavy (non-hydrogen) atoms. The maximum absolute atomic E-state index is 11.8. The Morgan fingerprint density at radius 1 is 1.29 bits per heavy atom. The molecule has 0 aliphatic carbocycles. The van der Waals surface area contributed by atoms with Gasteiger partial charge >= 0.3 is 5.88 Å². The summed E-state index contributed by atoms with van der Waals surface area (Å²) in [6.45, 7) is 0. The van der Waals surface area contributed by atoms with Gasteiger partial charge in [-0.1, -0.05) is 18.2 Å². The highest BCUT2D eigenvalue weighted by molar-refractivity contribution is 5.95. The van der Waals surface area contributed by atoms with Crippen LogP contribution >= 0.6 is 0 Å². The SMILES string of the molecule is O=[N+]([O-])c1ccc(C=NNc2c([O-])[nH]c3ccccc23)o1. The maximum Gasteiger partial charge on any atom is 0.433 e. The van der Waals surface area contributed by atoms with Crippen LogP contribution in [0, 0.1) is 10.1 Å². The molecule has 0 aliphatic rings. The number of H-pyrrole nitrogens is 1. The van der Waals surface area contributed by atoms with Gasteiger partial charge in [0.1, 0.15) is 4.92 Å². The molecular weight excluding hydrogens is 276 g/mol. The van der Waals surface area contributed by atoms with Crippen molar-refractivity contribution in [1.29, 1.82) is 0 Å². The first-order valence-corrected chi connectivity index (χ1v) is 5.96. The van der Waals surface area contributed by atoms with E-state index in [1.54, 1.807) is 18.2 Å². The van der Waals surface area contributed by atoms with Crippen molar-refractivity contribution in [3.8, 4) is 5.88 Å². The number of aromatic amines is 1. The summed E-state index contributed by atoms with van der Waals surface area (Å²) >= 11 is 0. The summed E-state index contributed by atoms with van der Waals surface area (Å²) in [5, 5.41) is 26.8. The first kappa shape index (κ1) is 12.7. The number of hydrogen-bond acceptors (Lipinski definition) is 6. The molecule has 0 radical (unpaired) electrons. The minimum atomic E-state index is -0.639. The van der Waals surface area contributed by atoms with Crippen LogP contribution in [0.5, 0.6) is 5.88 Å². The average Bonchev–Trinajstić information content (AvgIpc) is 3.04. The van der Waals surface area contributed by atoms with Crippen LogP contribution in [-0.4, -0.2) is 16.1 Å². The Hall–Kier alpha value is -3.29. The van der Waals surface area contributed by atoms with E-state index in [0.717, 1.165) is 0 Å². The quantitative estimate of drug-likeness (QED) is 0.432. The van der Waals surface area contributed by atoms with E-state index in [1.807, 2.05) is 6.07 Å². The predicted molar refractivity (Wildman–Crippen MR) is 74.3 cm³/mol. The zero-order valence-electron chi connectivity index (χ0n) is 10.6. The lowest BCUT2D eigenvalue weighted by molar-refractivity contribution is -0.402. The van der Waals surface area contributed by atoms with Gasteiger partial charge in [0, 0.05) is 10.9 Å². The van der Waals surface area contributed by atoms with Crippen molar-refractivity contribution in [3.05, 3.63) is 52.3 Å². The third-order valence-electron chi connectivity index (χ3n) is 2.83. The second-order valence-corrected chi connectivity index (χ2v) is 4.18. The molecule has 3 rings (SSSR count). The molecule has 8 nitrogen and oxygen atoms in total. The molecule has 8 heteroatoms. The number of aromatic nitrogens is 1. The standard InChI is InChI=1S/C13H10N4O4/c18-13-12(9-3-1-2-4-10(9)15-13)16-14-7-8-5-6-11(21-8)17(19)20/h1-7,15-16,18H/p-1. The lowest BCUT2D eigenvalue weighted by atomic mass is 10.2. The molecule has 1 aromatic carbocycles. The van der Waals surface area contributed by atoms with Gasteiger partial charge in [0.25, 0.3) is 0 Å². The number of nitrogens with zero attached hydrogens (tertiary/aromatic N) is 2. The molecule has 0 atom stereocenters. The van der Waals surface area contributed by atoms with Crippen LogP contribution < -0.4 is 10.5 Å². The summed E-state index contributed by atoms with van der Waals surface area (Å²) in [5.41, 5.74) is 3.63. The molecule has 0 amide bonds. The van der Waals surface area contributed by atoms with Gasteiger partial charge in [-0.25, -0.2) is 0 Å². The normalized spacial score (nSPS) is 11.2. The van der Waals surface area contributed by atoms with Crippen molar-refractivity contribution in [2.75, 3.05) is 5.43 Å². The molecule has 0 saturated heterocycles. The van der Waals surface area contributed by atoms with Crippen molar-refractivity contribution < 1.29 is 14.4 Å². The van der Waals surface area contributed by atoms with E-state index in [2.05, 4.69) is 15.5 Å². The fourth-order valence-electron chi connectivity index (χ4n) is 1.90. The summed E-state index contributed by atoms with van der Waals surface area (Å²) in [4.78, 5) is 12.5. The van der Waals surface area contributed by atoms with Crippen LogP contribution in [0.2, 0.25) is 0 Å². The minimum Gasteiger partial charge on any atom is -0.859 e. The average molecular weight is 285 g/mol. The second kappa shape index (κ2) is 5.00. The predicted octanol–water partition coefficient (Wildman–Crippen LogP) is 2.19. The Labute approximate surface area is 117 Å². The van der Waals surface area contributed by atoms with Crippen LogP contribution in [0.15, 0.2) is 45.9 Å². The van der Waals surface area contributed by atoms with Gasteiger partial charge in [-0.2, -0.15) is 5.10 Å². The van der Waals surface area contributed by atoms with E-state index in [1.165, 1.54) is 18.3 Å². The summed E-state index contributed by atoms with van der Waals surface area (Å²) in [7, 11) is 0. The van der Waals surface area contributed by atoms with E-state index in [9.17, 15) is 15.2 Å². The molecule has 0 aliphatic heterocycles.